The summed E-state index contributed by atoms with van der Waals surface area (Å²) >= 11 is 1.22. The Labute approximate surface area is 185 Å². The lowest BCUT2D eigenvalue weighted by Gasteiger charge is -2.10. The molecule has 158 valence electrons. The molecular formula is C24H23N3O3S. The number of ether oxygens (including phenoxy) is 1. The van der Waals surface area contributed by atoms with Crippen molar-refractivity contribution >= 4 is 40.2 Å². The number of aryl methyl sites for hydroxylation is 2. The van der Waals surface area contributed by atoms with Gasteiger partial charge in [0.15, 0.2) is 0 Å². The van der Waals surface area contributed by atoms with Crippen LogP contribution >= 0.6 is 11.8 Å². The number of nitrogens with one attached hydrogen (secondary N) is 1. The van der Waals surface area contributed by atoms with E-state index in [0.717, 1.165) is 22.0 Å². The number of pyridine rings is 1. The van der Waals surface area contributed by atoms with Crippen LogP contribution in [0.15, 0.2) is 47.5 Å². The largest absolute Gasteiger partial charge is 0.459 e. The van der Waals surface area contributed by atoms with Gasteiger partial charge in [-0.2, -0.15) is 5.26 Å². The van der Waals surface area contributed by atoms with E-state index in [9.17, 15) is 14.9 Å². The van der Waals surface area contributed by atoms with Crippen LogP contribution in [0.25, 0.3) is 10.9 Å². The molecule has 3 rings (SSSR count). The third-order valence-corrected chi connectivity index (χ3v) is 5.42. The van der Waals surface area contributed by atoms with Gasteiger partial charge in [-0.25, -0.2) is 9.78 Å². The van der Waals surface area contributed by atoms with E-state index in [-0.39, 0.29) is 17.8 Å². The molecule has 0 spiro atoms. The number of carbonyl (C=O) groups excluding carboxylic acids is 2. The van der Waals surface area contributed by atoms with Gasteiger partial charge >= 0.3 is 5.97 Å². The minimum Gasteiger partial charge on any atom is -0.459 e. The second-order valence-corrected chi connectivity index (χ2v) is 8.44. The van der Waals surface area contributed by atoms with Crippen LogP contribution in [-0.2, 0) is 9.53 Å². The van der Waals surface area contributed by atoms with Crippen LogP contribution in [0.1, 0.15) is 40.9 Å². The number of hydrogen-bond acceptors (Lipinski definition) is 6. The molecule has 6 nitrogen and oxygen atoms in total. The van der Waals surface area contributed by atoms with Crippen LogP contribution in [-0.4, -0.2) is 28.7 Å². The highest BCUT2D eigenvalue weighted by atomic mass is 32.2. The number of rotatable bonds is 6. The molecule has 7 heteroatoms. The molecule has 1 heterocycles. The number of benzene rings is 2. The lowest BCUT2D eigenvalue weighted by molar-refractivity contribution is -0.113. The van der Waals surface area contributed by atoms with Crippen molar-refractivity contribution in [2.45, 2.75) is 38.8 Å². The molecule has 3 aromatic rings. The van der Waals surface area contributed by atoms with Gasteiger partial charge < -0.3 is 10.1 Å². The maximum atomic E-state index is 12.4. The van der Waals surface area contributed by atoms with Crippen molar-refractivity contribution in [3.8, 4) is 6.07 Å². The molecule has 31 heavy (non-hydrogen) atoms. The average Bonchev–Trinajstić information content (AvgIpc) is 2.71. The fraction of sp³-hybridized carbons (Fsp3) is 0.250. The Balaban J connectivity index is 1.67. The van der Waals surface area contributed by atoms with Crippen molar-refractivity contribution in [3.05, 3.63) is 64.7 Å². The highest BCUT2D eigenvalue weighted by molar-refractivity contribution is 8.00. The highest BCUT2D eigenvalue weighted by Gasteiger charge is 2.13. The van der Waals surface area contributed by atoms with E-state index in [0.29, 0.717) is 21.8 Å². The average molecular weight is 434 g/mol. The number of carbonyl (C=O) groups is 2. The standard InChI is InChI=1S/C24H23N3O3S/c1-14(2)30-24(29)17-5-7-20(8-6-17)26-21(28)13-31-23-19(12-25)11-18-10-15(3)9-16(4)22(18)27-23/h5-11,14H,13H2,1-4H3,(H,26,28). The number of esters is 1. The third kappa shape index (κ3) is 5.62. The molecule has 2 aromatic carbocycles. The summed E-state index contributed by atoms with van der Waals surface area (Å²) in [5.41, 5.74) is 4.41. The normalized spacial score (nSPS) is 10.7. The summed E-state index contributed by atoms with van der Waals surface area (Å²) in [5.74, 6) is -0.524. The number of fused-ring (bicyclic) bond motifs is 1. The predicted molar refractivity (Wildman–Crippen MR) is 122 cm³/mol. The monoisotopic (exact) mass is 433 g/mol. The maximum absolute atomic E-state index is 12.4. The summed E-state index contributed by atoms with van der Waals surface area (Å²) in [5, 5.41) is 13.7. The van der Waals surface area contributed by atoms with Crippen molar-refractivity contribution in [1.29, 1.82) is 5.26 Å². The van der Waals surface area contributed by atoms with Gasteiger partial charge in [-0.05, 0) is 69.7 Å². The molecule has 0 unspecified atom stereocenters. The summed E-state index contributed by atoms with van der Waals surface area (Å²) in [7, 11) is 0. The zero-order valence-corrected chi connectivity index (χ0v) is 18.7. The molecule has 0 saturated carbocycles. The van der Waals surface area contributed by atoms with E-state index >= 15 is 0 Å². The van der Waals surface area contributed by atoms with Gasteiger partial charge in [0, 0.05) is 11.1 Å². The highest BCUT2D eigenvalue weighted by Crippen LogP contribution is 2.27. The van der Waals surface area contributed by atoms with Crippen molar-refractivity contribution in [2.24, 2.45) is 0 Å². The second-order valence-electron chi connectivity index (χ2n) is 7.47. The minimum atomic E-state index is -0.402. The number of nitriles is 1. The van der Waals surface area contributed by atoms with Crippen LogP contribution in [0.5, 0.6) is 0 Å². The van der Waals surface area contributed by atoms with Gasteiger partial charge in [-0.1, -0.05) is 23.4 Å². The third-order valence-electron chi connectivity index (χ3n) is 4.43. The number of thioether (sulfide) groups is 1. The van der Waals surface area contributed by atoms with Crippen molar-refractivity contribution in [1.82, 2.24) is 4.98 Å². The first kappa shape index (κ1) is 22.3. The number of amides is 1. The van der Waals surface area contributed by atoms with Crippen molar-refractivity contribution < 1.29 is 14.3 Å². The van der Waals surface area contributed by atoms with Gasteiger partial charge in [-0.3, -0.25) is 4.79 Å². The Hall–Kier alpha value is -3.37. The second kappa shape index (κ2) is 9.63. The number of anilines is 1. The molecule has 0 fully saturated rings. The fourth-order valence-corrected chi connectivity index (χ4v) is 3.88. The molecule has 0 aliphatic carbocycles. The van der Waals surface area contributed by atoms with Gasteiger partial charge in [-0.15, -0.1) is 0 Å². The van der Waals surface area contributed by atoms with Gasteiger partial charge in [0.1, 0.15) is 11.1 Å². The van der Waals surface area contributed by atoms with Crippen LogP contribution in [0.2, 0.25) is 0 Å². The Bertz CT molecular complexity index is 1180. The number of nitrogens with zero attached hydrogens (tertiary/aromatic N) is 2. The van der Waals surface area contributed by atoms with Crippen molar-refractivity contribution in [3.63, 3.8) is 0 Å². The Kier molecular flexibility index (Phi) is 6.93. The first-order valence-electron chi connectivity index (χ1n) is 9.82. The summed E-state index contributed by atoms with van der Waals surface area (Å²) in [6, 6.07) is 14.6. The van der Waals surface area contributed by atoms with E-state index in [1.165, 1.54) is 11.8 Å². The molecule has 1 aromatic heterocycles. The predicted octanol–water partition coefficient (Wildman–Crippen LogP) is 5.02. The Morgan fingerprint density at radius 3 is 2.52 bits per heavy atom. The lowest BCUT2D eigenvalue weighted by Crippen LogP contribution is -2.15. The molecular weight excluding hydrogens is 410 g/mol. The fourth-order valence-electron chi connectivity index (χ4n) is 3.13. The Morgan fingerprint density at radius 2 is 1.87 bits per heavy atom. The topological polar surface area (TPSA) is 92.1 Å². The minimum absolute atomic E-state index is 0.106. The van der Waals surface area contributed by atoms with Crippen LogP contribution in [0.4, 0.5) is 5.69 Å². The van der Waals surface area contributed by atoms with Gasteiger partial charge in [0.25, 0.3) is 0 Å². The van der Waals surface area contributed by atoms with Crippen LogP contribution < -0.4 is 5.32 Å². The summed E-state index contributed by atoms with van der Waals surface area (Å²) < 4.78 is 5.15. The molecule has 0 radical (unpaired) electrons. The number of hydrogen-bond donors (Lipinski definition) is 1. The van der Waals surface area contributed by atoms with E-state index in [1.54, 1.807) is 38.1 Å². The number of aromatic nitrogens is 1. The van der Waals surface area contributed by atoms with E-state index < -0.39 is 5.97 Å². The first-order chi connectivity index (χ1) is 14.8. The van der Waals surface area contributed by atoms with Crippen LogP contribution in [0.3, 0.4) is 0 Å². The van der Waals surface area contributed by atoms with Crippen molar-refractivity contribution in [2.75, 3.05) is 11.1 Å². The van der Waals surface area contributed by atoms with Gasteiger partial charge in [0.2, 0.25) is 5.91 Å². The smallest absolute Gasteiger partial charge is 0.338 e. The van der Waals surface area contributed by atoms with Crippen LogP contribution in [0, 0.1) is 25.2 Å². The first-order valence-corrected chi connectivity index (χ1v) is 10.8. The van der Waals surface area contributed by atoms with E-state index in [2.05, 4.69) is 16.4 Å². The van der Waals surface area contributed by atoms with Gasteiger partial charge in [0.05, 0.1) is 28.5 Å². The maximum Gasteiger partial charge on any atom is 0.338 e. The molecule has 0 aliphatic heterocycles. The molecule has 1 amide bonds. The zero-order chi connectivity index (χ0) is 22.5. The lowest BCUT2D eigenvalue weighted by atomic mass is 10.1. The molecule has 0 saturated heterocycles. The summed E-state index contributed by atoms with van der Waals surface area (Å²) in [6.07, 6.45) is -0.196. The zero-order valence-electron chi connectivity index (χ0n) is 17.9. The summed E-state index contributed by atoms with van der Waals surface area (Å²) in [4.78, 5) is 28.9. The molecule has 0 bridgehead atoms. The summed E-state index contributed by atoms with van der Waals surface area (Å²) in [6.45, 7) is 7.56. The quantitative estimate of drug-likeness (QED) is 0.433. The van der Waals surface area contributed by atoms with E-state index in [4.69, 9.17) is 4.74 Å². The van der Waals surface area contributed by atoms with E-state index in [1.807, 2.05) is 32.0 Å². The SMILES string of the molecule is Cc1cc(C)c2nc(SCC(=O)Nc3ccc(C(=O)OC(C)C)cc3)c(C#N)cc2c1. The molecule has 0 atom stereocenters. The molecule has 1 N–H and O–H groups in total. The molecule has 0 aliphatic rings. The Morgan fingerprint density at radius 1 is 1.16 bits per heavy atom.